The van der Waals surface area contributed by atoms with Gasteiger partial charge in [-0.3, -0.25) is 0 Å². The summed E-state index contributed by atoms with van der Waals surface area (Å²) in [6, 6.07) is 6.63. The third-order valence-corrected chi connectivity index (χ3v) is 4.17. The molecule has 86 valence electrons. The van der Waals surface area contributed by atoms with Crippen molar-refractivity contribution in [1.29, 1.82) is 0 Å². The number of fused-ring (bicyclic) bond motifs is 1. The second-order valence-corrected chi connectivity index (χ2v) is 5.12. The Balaban J connectivity index is 1.82. The van der Waals surface area contributed by atoms with Crippen molar-refractivity contribution in [3.63, 3.8) is 0 Å². The van der Waals surface area contributed by atoms with Crippen molar-refractivity contribution in [2.24, 2.45) is 5.92 Å². The molecule has 0 saturated carbocycles. The van der Waals surface area contributed by atoms with Crippen LogP contribution in [0.4, 0.5) is 0 Å². The van der Waals surface area contributed by atoms with Gasteiger partial charge >= 0.3 is 0 Å². The van der Waals surface area contributed by atoms with Gasteiger partial charge in [-0.05, 0) is 61.8 Å². The molecule has 3 rings (SSSR count). The fraction of sp³-hybridized carbons (Fsp3) is 0.571. The summed E-state index contributed by atoms with van der Waals surface area (Å²) in [5, 5.41) is 13.5. The standard InChI is InChI=1S/C14H19NO/c16-14-5-1-3-10-6-7-11(9-12(10)14)13-4-2-8-15-13/h1,3,5,11,13,15-16H,2,4,6-9H2. The Bertz CT molecular complexity index is 382. The van der Waals surface area contributed by atoms with E-state index in [1.54, 1.807) is 0 Å². The summed E-state index contributed by atoms with van der Waals surface area (Å²) in [5.74, 6) is 1.23. The molecule has 1 saturated heterocycles. The van der Waals surface area contributed by atoms with Crippen LogP contribution in [0.3, 0.4) is 0 Å². The number of hydrogen-bond donors (Lipinski definition) is 2. The lowest BCUT2D eigenvalue weighted by Crippen LogP contribution is -2.34. The number of nitrogens with one attached hydrogen (secondary N) is 1. The van der Waals surface area contributed by atoms with Gasteiger partial charge < -0.3 is 10.4 Å². The molecule has 16 heavy (non-hydrogen) atoms. The van der Waals surface area contributed by atoms with Crippen molar-refractivity contribution in [3.05, 3.63) is 29.3 Å². The molecule has 1 aromatic carbocycles. The van der Waals surface area contributed by atoms with Crippen molar-refractivity contribution < 1.29 is 5.11 Å². The predicted octanol–water partition coefficient (Wildman–Crippen LogP) is 2.25. The lowest BCUT2D eigenvalue weighted by atomic mass is 9.79. The van der Waals surface area contributed by atoms with Gasteiger partial charge in [0.05, 0.1) is 0 Å². The molecule has 2 nitrogen and oxygen atoms in total. The van der Waals surface area contributed by atoms with Gasteiger partial charge in [-0.1, -0.05) is 12.1 Å². The molecule has 0 spiro atoms. The van der Waals surface area contributed by atoms with Gasteiger partial charge in [-0.2, -0.15) is 0 Å². The maximum absolute atomic E-state index is 9.90. The zero-order chi connectivity index (χ0) is 11.0. The molecule has 2 N–H and O–H groups in total. The van der Waals surface area contributed by atoms with Crippen LogP contribution in [0.25, 0.3) is 0 Å². The van der Waals surface area contributed by atoms with Crippen LogP contribution in [0, 0.1) is 5.92 Å². The zero-order valence-corrected chi connectivity index (χ0v) is 9.58. The zero-order valence-electron chi connectivity index (χ0n) is 9.58. The van der Waals surface area contributed by atoms with Crippen molar-refractivity contribution in [2.75, 3.05) is 6.54 Å². The van der Waals surface area contributed by atoms with E-state index in [-0.39, 0.29) is 0 Å². The maximum Gasteiger partial charge on any atom is 0.119 e. The third-order valence-electron chi connectivity index (χ3n) is 4.17. The van der Waals surface area contributed by atoms with Gasteiger partial charge in [0.15, 0.2) is 0 Å². The summed E-state index contributed by atoms with van der Waals surface area (Å²) in [6.07, 6.45) is 6.09. The molecular formula is C14H19NO. The van der Waals surface area contributed by atoms with E-state index in [1.165, 1.54) is 36.9 Å². The number of phenolic OH excluding ortho intramolecular Hbond substituents is 1. The molecule has 2 heteroatoms. The molecule has 1 aliphatic heterocycles. The van der Waals surface area contributed by atoms with Crippen LogP contribution >= 0.6 is 0 Å². The molecule has 0 bridgehead atoms. The van der Waals surface area contributed by atoms with E-state index in [9.17, 15) is 5.11 Å². The maximum atomic E-state index is 9.90. The van der Waals surface area contributed by atoms with Gasteiger partial charge in [-0.15, -0.1) is 0 Å². The van der Waals surface area contributed by atoms with Crippen LogP contribution in [0.1, 0.15) is 30.4 Å². The molecule has 2 atom stereocenters. The predicted molar refractivity (Wildman–Crippen MR) is 64.6 cm³/mol. The molecule has 0 amide bonds. The summed E-state index contributed by atoms with van der Waals surface area (Å²) in [6.45, 7) is 1.18. The normalized spacial score (nSPS) is 29.0. The highest BCUT2D eigenvalue weighted by atomic mass is 16.3. The van der Waals surface area contributed by atoms with Crippen molar-refractivity contribution in [3.8, 4) is 5.75 Å². The second kappa shape index (κ2) is 4.10. The van der Waals surface area contributed by atoms with Crippen LogP contribution in [0.2, 0.25) is 0 Å². The minimum absolute atomic E-state index is 0.500. The Labute approximate surface area is 96.7 Å². The molecule has 1 aromatic rings. The Kier molecular flexibility index (Phi) is 2.60. The Morgan fingerprint density at radius 2 is 2.19 bits per heavy atom. The molecule has 0 radical (unpaired) electrons. The SMILES string of the molecule is Oc1cccc2c1CC(C1CCCN1)CC2. The summed E-state index contributed by atoms with van der Waals surface area (Å²) >= 11 is 0. The Morgan fingerprint density at radius 1 is 1.25 bits per heavy atom. The molecule has 1 heterocycles. The highest BCUT2D eigenvalue weighted by Crippen LogP contribution is 2.34. The molecule has 1 fully saturated rings. The van der Waals surface area contributed by atoms with Crippen LogP contribution in [0.15, 0.2) is 18.2 Å². The first-order valence-electron chi connectivity index (χ1n) is 6.38. The smallest absolute Gasteiger partial charge is 0.119 e. The first-order valence-corrected chi connectivity index (χ1v) is 6.38. The molecule has 0 aromatic heterocycles. The average Bonchev–Trinajstić information content (AvgIpc) is 2.83. The quantitative estimate of drug-likeness (QED) is 0.756. The van der Waals surface area contributed by atoms with E-state index in [2.05, 4.69) is 11.4 Å². The highest BCUT2D eigenvalue weighted by Gasteiger charge is 2.29. The van der Waals surface area contributed by atoms with Gasteiger partial charge in [0, 0.05) is 6.04 Å². The second-order valence-electron chi connectivity index (χ2n) is 5.12. The lowest BCUT2D eigenvalue weighted by molar-refractivity contribution is 0.342. The average molecular weight is 217 g/mol. The van der Waals surface area contributed by atoms with E-state index >= 15 is 0 Å². The monoisotopic (exact) mass is 217 g/mol. The summed E-state index contributed by atoms with van der Waals surface area (Å²) in [4.78, 5) is 0. The minimum Gasteiger partial charge on any atom is -0.508 e. The summed E-state index contributed by atoms with van der Waals surface area (Å²) < 4.78 is 0. The fourth-order valence-electron chi connectivity index (χ4n) is 3.25. The first-order chi connectivity index (χ1) is 7.84. The number of benzene rings is 1. The van der Waals surface area contributed by atoms with E-state index in [0.717, 1.165) is 18.8 Å². The molecule has 2 unspecified atom stereocenters. The van der Waals surface area contributed by atoms with Crippen molar-refractivity contribution in [1.82, 2.24) is 5.32 Å². The Morgan fingerprint density at radius 3 is 3.00 bits per heavy atom. The van der Waals surface area contributed by atoms with E-state index < -0.39 is 0 Å². The van der Waals surface area contributed by atoms with Crippen LogP contribution in [-0.2, 0) is 12.8 Å². The Hall–Kier alpha value is -1.02. The molecular weight excluding hydrogens is 198 g/mol. The van der Waals surface area contributed by atoms with Gasteiger partial charge in [0.1, 0.15) is 5.75 Å². The molecule has 2 aliphatic rings. The fourth-order valence-corrected chi connectivity index (χ4v) is 3.25. The number of aryl methyl sites for hydroxylation is 1. The summed E-state index contributed by atoms with van der Waals surface area (Å²) in [7, 11) is 0. The van der Waals surface area contributed by atoms with Crippen molar-refractivity contribution in [2.45, 2.75) is 38.1 Å². The summed E-state index contributed by atoms with van der Waals surface area (Å²) in [5.41, 5.74) is 2.56. The topological polar surface area (TPSA) is 32.3 Å². The first kappa shape index (κ1) is 10.2. The third kappa shape index (κ3) is 1.71. The highest BCUT2D eigenvalue weighted by molar-refractivity contribution is 5.41. The van der Waals surface area contributed by atoms with Gasteiger partial charge in [-0.25, -0.2) is 0 Å². The van der Waals surface area contributed by atoms with E-state index in [4.69, 9.17) is 0 Å². The number of hydrogen-bond acceptors (Lipinski definition) is 2. The van der Waals surface area contributed by atoms with Crippen LogP contribution in [0.5, 0.6) is 5.75 Å². The molecule has 1 aliphatic carbocycles. The van der Waals surface area contributed by atoms with E-state index in [1.807, 2.05) is 12.1 Å². The van der Waals surface area contributed by atoms with Crippen LogP contribution in [-0.4, -0.2) is 17.7 Å². The number of rotatable bonds is 1. The van der Waals surface area contributed by atoms with E-state index in [0.29, 0.717) is 11.8 Å². The largest absolute Gasteiger partial charge is 0.508 e. The number of aromatic hydroxyl groups is 1. The lowest BCUT2D eigenvalue weighted by Gasteiger charge is -2.29. The van der Waals surface area contributed by atoms with Gasteiger partial charge in [0.25, 0.3) is 0 Å². The van der Waals surface area contributed by atoms with Gasteiger partial charge in [0.2, 0.25) is 0 Å². The number of phenols is 1. The minimum atomic E-state index is 0.500. The van der Waals surface area contributed by atoms with Crippen LogP contribution < -0.4 is 5.32 Å². The van der Waals surface area contributed by atoms with Crippen molar-refractivity contribution >= 4 is 0 Å².